The zero-order valence-corrected chi connectivity index (χ0v) is 22.3. The van der Waals surface area contributed by atoms with Gasteiger partial charge in [0.25, 0.3) is 0 Å². The maximum atomic E-state index is 14.4. The second-order valence-electron chi connectivity index (χ2n) is 8.09. The Morgan fingerprint density at radius 2 is 1.34 bits per heavy atom. The zero-order valence-electron chi connectivity index (χ0n) is 21.4. The number of nitrogens with one attached hydrogen (secondary N) is 1. The van der Waals surface area contributed by atoms with Crippen LogP contribution in [0, 0.1) is 5.82 Å². The minimum atomic E-state index is -4.25. The van der Waals surface area contributed by atoms with Gasteiger partial charge in [-0.25, -0.2) is 12.8 Å². The molecular formula is C27H27FN2O7S. The van der Waals surface area contributed by atoms with Crippen molar-refractivity contribution in [2.45, 2.75) is 10.9 Å². The standard InChI is InChI=1S/C27H27FN2O7S/c1-33-21-9-7-18(14-20(21)28)38(31,32)30-26(17-6-8-22(34-2)23(13-17)35-3)27-19-15-25(37-5)24(36-4)12-16(19)10-11-29-27/h6-15,26,30H,1-5H3/t26-/m0/s1. The Kier molecular flexibility index (Phi) is 7.88. The topological polar surface area (TPSA) is 105 Å². The van der Waals surface area contributed by atoms with E-state index in [1.54, 1.807) is 42.6 Å². The molecule has 0 fully saturated rings. The summed E-state index contributed by atoms with van der Waals surface area (Å²) < 4.78 is 70.8. The number of sulfonamides is 1. The quantitative estimate of drug-likeness (QED) is 0.313. The summed E-state index contributed by atoms with van der Waals surface area (Å²) in [5.41, 5.74) is 0.892. The third-order valence-electron chi connectivity index (χ3n) is 6.02. The van der Waals surface area contributed by atoms with Crippen LogP contribution in [-0.4, -0.2) is 49.0 Å². The highest BCUT2D eigenvalue weighted by Crippen LogP contribution is 2.38. The molecule has 3 aromatic carbocycles. The molecule has 11 heteroatoms. The maximum absolute atomic E-state index is 14.4. The van der Waals surface area contributed by atoms with Crippen molar-refractivity contribution in [1.82, 2.24) is 9.71 Å². The molecule has 0 aliphatic carbocycles. The van der Waals surface area contributed by atoms with E-state index in [1.165, 1.54) is 47.7 Å². The zero-order chi connectivity index (χ0) is 27.4. The molecule has 1 N–H and O–H groups in total. The van der Waals surface area contributed by atoms with Crippen molar-refractivity contribution in [1.29, 1.82) is 0 Å². The lowest BCUT2D eigenvalue weighted by Gasteiger charge is -2.22. The Labute approximate surface area is 220 Å². The summed E-state index contributed by atoms with van der Waals surface area (Å²) >= 11 is 0. The molecule has 0 saturated heterocycles. The highest BCUT2D eigenvalue weighted by molar-refractivity contribution is 7.89. The van der Waals surface area contributed by atoms with Crippen LogP contribution in [0.1, 0.15) is 17.3 Å². The second-order valence-corrected chi connectivity index (χ2v) is 9.80. The molecule has 0 unspecified atom stereocenters. The van der Waals surface area contributed by atoms with Crippen molar-refractivity contribution < 1.29 is 36.5 Å². The van der Waals surface area contributed by atoms with Crippen molar-refractivity contribution in [2.24, 2.45) is 0 Å². The molecular weight excluding hydrogens is 515 g/mol. The van der Waals surface area contributed by atoms with Crippen molar-refractivity contribution >= 4 is 20.8 Å². The van der Waals surface area contributed by atoms with Crippen molar-refractivity contribution in [3.8, 4) is 28.7 Å². The summed E-state index contributed by atoms with van der Waals surface area (Å²) in [4.78, 5) is 4.27. The van der Waals surface area contributed by atoms with Crippen LogP contribution >= 0.6 is 0 Å². The second kappa shape index (κ2) is 11.1. The molecule has 200 valence electrons. The number of ether oxygens (including phenoxy) is 5. The fourth-order valence-corrected chi connectivity index (χ4v) is 5.30. The van der Waals surface area contributed by atoms with Gasteiger partial charge >= 0.3 is 0 Å². The van der Waals surface area contributed by atoms with Crippen LogP contribution in [0.25, 0.3) is 10.8 Å². The van der Waals surface area contributed by atoms with Gasteiger partial charge in [0.2, 0.25) is 10.0 Å². The minimum Gasteiger partial charge on any atom is -0.494 e. The van der Waals surface area contributed by atoms with Crippen LogP contribution in [0.4, 0.5) is 4.39 Å². The van der Waals surface area contributed by atoms with Crippen LogP contribution in [0.2, 0.25) is 0 Å². The number of hydrogen-bond acceptors (Lipinski definition) is 8. The first-order valence-electron chi connectivity index (χ1n) is 11.3. The summed E-state index contributed by atoms with van der Waals surface area (Å²) in [6, 6.07) is 12.7. The van der Waals surface area contributed by atoms with E-state index in [0.717, 1.165) is 11.5 Å². The predicted octanol–water partition coefficient (Wildman–Crippen LogP) is 4.48. The molecule has 0 bridgehead atoms. The van der Waals surface area contributed by atoms with E-state index in [4.69, 9.17) is 23.7 Å². The van der Waals surface area contributed by atoms with Gasteiger partial charge in [-0.05, 0) is 59.5 Å². The monoisotopic (exact) mass is 542 g/mol. The first-order valence-corrected chi connectivity index (χ1v) is 12.8. The number of hydrogen-bond donors (Lipinski definition) is 1. The number of halogens is 1. The van der Waals surface area contributed by atoms with E-state index < -0.39 is 21.9 Å². The minimum absolute atomic E-state index is 0.0721. The van der Waals surface area contributed by atoms with Gasteiger partial charge in [-0.1, -0.05) is 6.07 Å². The molecule has 1 aromatic heterocycles. The summed E-state index contributed by atoms with van der Waals surface area (Å²) in [5, 5.41) is 1.36. The van der Waals surface area contributed by atoms with E-state index in [9.17, 15) is 12.8 Å². The van der Waals surface area contributed by atoms with E-state index in [-0.39, 0.29) is 10.6 Å². The lowest BCUT2D eigenvalue weighted by Crippen LogP contribution is -2.30. The molecule has 9 nitrogen and oxygen atoms in total. The number of benzene rings is 3. The van der Waals surface area contributed by atoms with Crippen LogP contribution < -0.4 is 28.4 Å². The summed E-state index contributed by atoms with van der Waals surface area (Å²) in [6.07, 6.45) is 1.57. The first-order chi connectivity index (χ1) is 18.3. The average molecular weight is 543 g/mol. The van der Waals surface area contributed by atoms with E-state index in [0.29, 0.717) is 39.6 Å². The first kappa shape index (κ1) is 27.0. The van der Waals surface area contributed by atoms with Gasteiger partial charge in [-0.2, -0.15) is 4.72 Å². The normalized spacial score (nSPS) is 12.2. The molecule has 0 spiro atoms. The summed E-state index contributed by atoms with van der Waals surface area (Å²) in [7, 11) is 3.07. The Morgan fingerprint density at radius 3 is 1.97 bits per heavy atom. The highest BCUT2D eigenvalue weighted by Gasteiger charge is 2.28. The molecule has 38 heavy (non-hydrogen) atoms. The fraction of sp³-hybridized carbons (Fsp3) is 0.222. The fourth-order valence-electron chi connectivity index (χ4n) is 4.10. The molecule has 0 radical (unpaired) electrons. The molecule has 0 aliphatic heterocycles. The number of aromatic nitrogens is 1. The summed E-state index contributed by atoms with van der Waals surface area (Å²) in [5.74, 6) is 0.932. The SMILES string of the molecule is COc1ccc(S(=O)(=O)N[C@@H](c2ccc(OC)c(OC)c2)c2nccc3cc(OC)c(OC)cc23)cc1F. The number of rotatable bonds is 10. The summed E-state index contributed by atoms with van der Waals surface area (Å²) in [6.45, 7) is 0. The van der Waals surface area contributed by atoms with Gasteiger partial charge < -0.3 is 23.7 Å². The molecule has 1 heterocycles. The number of fused-ring (bicyclic) bond motifs is 1. The number of nitrogens with zero attached hydrogens (tertiary/aromatic N) is 1. The highest BCUT2D eigenvalue weighted by atomic mass is 32.2. The van der Waals surface area contributed by atoms with Gasteiger partial charge in [0.05, 0.1) is 52.2 Å². The van der Waals surface area contributed by atoms with Crippen molar-refractivity contribution in [3.05, 3.63) is 77.9 Å². The smallest absolute Gasteiger partial charge is 0.241 e. The Hall–Kier alpha value is -4.09. The molecule has 0 saturated carbocycles. The molecule has 4 rings (SSSR count). The van der Waals surface area contributed by atoms with Gasteiger partial charge in [-0.15, -0.1) is 0 Å². The maximum Gasteiger partial charge on any atom is 0.241 e. The van der Waals surface area contributed by atoms with Gasteiger partial charge in [0.1, 0.15) is 0 Å². The molecule has 0 amide bonds. The van der Waals surface area contributed by atoms with Crippen LogP contribution in [0.3, 0.4) is 0 Å². The van der Waals surface area contributed by atoms with Crippen LogP contribution in [0.5, 0.6) is 28.7 Å². The predicted molar refractivity (Wildman–Crippen MR) is 140 cm³/mol. The average Bonchev–Trinajstić information content (AvgIpc) is 2.94. The van der Waals surface area contributed by atoms with Crippen LogP contribution in [-0.2, 0) is 10.0 Å². The van der Waals surface area contributed by atoms with E-state index in [1.807, 2.05) is 0 Å². The van der Waals surface area contributed by atoms with Crippen molar-refractivity contribution in [2.75, 3.05) is 35.5 Å². The molecule has 1 atom stereocenters. The van der Waals surface area contributed by atoms with Crippen molar-refractivity contribution in [3.63, 3.8) is 0 Å². The van der Waals surface area contributed by atoms with E-state index >= 15 is 0 Å². The van der Waals surface area contributed by atoms with Crippen LogP contribution in [0.15, 0.2) is 65.7 Å². The Balaban J connectivity index is 1.93. The largest absolute Gasteiger partial charge is 0.494 e. The molecule has 0 aliphatic rings. The lowest BCUT2D eigenvalue weighted by atomic mass is 9.98. The Morgan fingerprint density at radius 1 is 0.737 bits per heavy atom. The third-order valence-corrected chi connectivity index (χ3v) is 7.44. The number of pyridine rings is 1. The Bertz CT molecular complexity index is 1580. The third kappa shape index (κ3) is 5.15. The van der Waals surface area contributed by atoms with E-state index in [2.05, 4.69) is 9.71 Å². The molecule has 4 aromatic rings. The van der Waals surface area contributed by atoms with Gasteiger partial charge in [0, 0.05) is 11.6 Å². The number of methoxy groups -OCH3 is 5. The van der Waals surface area contributed by atoms with Gasteiger partial charge in [0.15, 0.2) is 34.6 Å². The van der Waals surface area contributed by atoms with Gasteiger partial charge in [-0.3, -0.25) is 4.98 Å². The lowest BCUT2D eigenvalue weighted by molar-refractivity contribution is 0.354.